The van der Waals surface area contributed by atoms with Crippen LogP contribution < -0.4 is 0 Å². The predicted octanol–water partition coefficient (Wildman–Crippen LogP) is 7.43. The van der Waals surface area contributed by atoms with Crippen LogP contribution in [0.2, 0.25) is 0 Å². The van der Waals surface area contributed by atoms with Crippen LogP contribution in [-0.2, 0) is 11.2 Å². The number of benzene rings is 1. The van der Waals surface area contributed by atoms with Crippen molar-refractivity contribution in [3.05, 3.63) is 77.1 Å². The Balaban J connectivity index is 0.00000277. The van der Waals surface area contributed by atoms with E-state index < -0.39 is 0 Å². The maximum Gasteiger partial charge on any atom is 0.111 e. The van der Waals surface area contributed by atoms with E-state index in [-0.39, 0.29) is 0 Å². The highest BCUT2D eigenvalue weighted by atomic mass is 16.5. The van der Waals surface area contributed by atoms with Gasteiger partial charge in [-0.3, -0.25) is 0 Å². The summed E-state index contributed by atoms with van der Waals surface area (Å²) >= 11 is 0. The molecule has 0 N–H and O–H groups in total. The lowest BCUT2D eigenvalue weighted by Crippen LogP contribution is -1.90. The second kappa shape index (κ2) is 13.3. The Morgan fingerprint density at radius 1 is 1.12 bits per heavy atom. The lowest BCUT2D eigenvalue weighted by atomic mass is 9.98. The van der Waals surface area contributed by atoms with Crippen LogP contribution in [-0.4, -0.2) is 7.11 Å². The molecule has 0 amide bonds. The maximum absolute atomic E-state index is 5.03. The van der Waals surface area contributed by atoms with E-state index in [9.17, 15) is 0 Å². The van der Waals surface area contributed by atoms with Gasteiger partial charge in [-0.25, -0.2) is 0 Å². The van der Waals surface area contributed by atoms with Crippen molar-refractivity contribution in [3.63, 3.8) is 0 Å². The number of hydrogen-bond acceptors (Lipinski definition) is 1. The summed E-state index contributed by atoms with van der Waals surface area (Å²) < 4.78 is 5.03. The van der Waals surface area contributed by atoms with Crippen LogP contribution in [0, 0.1) is 6.92 Å². The van der Waals surface area contributed by atoms with Gasteiger partial charge in [-0.05, 0) is 60.6 Å². The highest BCUT2D eigenvalue weighted by Crippen LogP contribution is 2.19. The van der Waals surface area contributed by atoms with Gasteiger partial charge in [0.15, 0.2) is 0 Å². The number of ether oxygens (including phenoxy) is 1. The van der Waals surface area contributed by atoms with Crippen molar-refractivity contribution in [2.24, 2.45) is 0 Å². The van der Waals surface area contributed by atoms with E-state index in [1.54, 1.807) is 7.11 Å². The van der Waals surface area contributed by atoms with Crippen molar-refractivity contribution < 1.29 is 4.74 Å². The fraction of sp³-hybridized carbons (Fsp3) is 0.417. The SMILES string of the molecule is C=C(/C=C\C(=C)/C(C)=C/c1ccc(CCCCC)cc1C)OC.CC. The zero-order valence-corrected chi connectivity index (χ0v) is 17.1. The molecule has 0 aliphatic rings. The summed E-state index contributed by atoms with van der Waals surface area (Å²) in [4.78, 5) is 0. The lowest BCUT2D eigenvalue weighted by molar-refractivity contribution is 0.309. The lowest BCUT2D eigenvalue weighted by Gasteiger charge is -2.08. The van der Waals surface area contributed by atoms with Crippen LogP contribution in [0.15, 0.2) is 60.4 Å². The molecule has 1 heteroatoms. The second-order valence-electron chi connectivity index (χ2n) is 6.00. The Morgan fingerprint density at radius 3 is 2.36 bits per heavy atom. The molecule has 138 valence electrons. The quantitative estimate of drug-likeness (QED) is 0.258. The zero-order chi connectivity index (χ0) is 19.2. The predicted molar refractivity (Wildman–Crippen MR) is 114 cm³/mol. The monoisotopic (exact) mass is 340 g/mol. The van der Waals surface area contributed by atoms with E-state index in [1.165, 1.54) is 42.4 Å². The molecule has 1 rings (SSSR count). The molecule has 0 radical (unpaired) electrons. The summed E-state index contributed by atoms with van der Waals surface area (Å²) in [6.07, 6.45) is 11.0. The number of allylic oxidation sites excluding steroid dienone is 4. The Labute approximate surface area is 155 Å². The first-order valence-corrected chi connectivity index (χ1v) is 9.36. The molecular formula is C24H36O. The minimum Gasteiger partial charge on any atom is -0.497 e. The van der Waals surface area contributed by atoms with Crippen LogP contribution in [0.25, 0.3) is 6.08 Å². The molecule has 0 spiro atoms. The van der Waals surface area contributed by atoms with Crippen LogP contribution in [0.3, 0.4) is 0 Å². The number of unbranched alkanes of at least 4 members (excludes halogenated alkanes) is 2. The molecule has 0 unspecified atom stereocenters. The summed E-state index contributed by atoms with van der Waals surface area (Å²) in [5, 5.41) is 0. The van der Waals surface area contributed by atoms with Crippen LogP contribution in [0.4, 0.5) is 0 Å². The third-order valence-corrected chi connectivity index (χ3v) is 4.01. The minimum absolute atomic E-state index is 0.631. The normalized spacial score (nSPS) is 11.0. The summed E-state index contributed by atoms with van der Waals surface area (Å²) in [5.74, 6) is 0.631. The van der Waals surface area contributed by atoms with Gasteiger partial charge >= 0.3 is 0 Å². The first kappa shape index (κ1) is 23.0. The van der Waals surface area contributed by atoms with Gasteiger partial charge in [0.2, 0.25) is 0 Å². The fourth-order valence-corrected chi connectivity index (χ4v) is 2.35. The summed E-state index contributed by atoms with van der Waals surface area (Å²) in [6, 6.07) is 6.76. The molecule has 0 aliphatic carbocycles. The fourth-order valence-electron chi connectivity index (χ4n) is 2.35. The van der Waals surface area contributed by atoms with E-state index in [4.69, 9.17) is 4.74 Å². The van der Waals surface area contributed by atoms with E-state index in [0.717, 1.165) is 11.1 Å². The first-order valence-electron chi connectivity index (χ1n) is 9.36. The summed E-state index contributed by atoms with van der Waals surface area (Å²) in [7, 11) is 1.61. The van der Waals surface area contributed by atoms with Gasteiger partial charge in [0.25, 0.3) is 0 Å². The van der Waals surface area contributed by atoms with E-state index in [2.05, 4.69) is 58.2 Å². The molecule has 25 heavy (non-hydrogen) atoms. The Bertz CT molecular complexity index is 603. The molecule has 0 saturated heterocycles. The molecule has 0 aromatic heterocycles. The standard InChI is InChI=1S/C22H30O.C2H6/c1-7-8-9-10-21-13-14-22(19(4)15-21)16-18(3)17(2)11-12-20(5)23-6;1-2/h11-16H,2,5,7-10H2,1,3-4,6H3;1-2H3/b12-11-,18-16+;. The van der Waals surface area contributed by atoms with Gasteiger partial charge in [0.1, 0.15) is 5.76 Å². The maximum atomic E-state index is 5.03. The molecule has 0 heterocycles. The molecule has 0 fully saturated rings. The molecule has 1 aromatic carbocycles. The largest absolute Gasteiger partial charge is 0.497 e. The second-order valence-corrected chi connectivity index (χ2v) is 6.00. The van der Waals surface area contributed by atoms with Crippen molar-refractivity contribution in [2.45, 2.75) is 60.3 Å². The van der Waals surface area contributed by atoms with Crippen molar-refractivity contribution in [3.8, 4) is 0 Å². The number of hydrogen-bond donors (Lipinski definition) is 0. The van der Waals surface area contributed by atoms with Crippen molar-refractivity contribution in [1.29, 1.82) is 0 Å². The van der Waals surface area contributed by atoms with Crippen LogP contribution in [0.1, 0.15) is 63.6 Å². The molecule has 0 saturated carbocycles. The van der Waals surface area contributed by atoms with Crippen molar-refractivity contribution in [2.75, 3.05) is 7.11 Å². The van der Waals surface area contributed by atoms with E-state index >= 15 is 0 Å². The van der Waals surface area contributed by atoms with Crippen LogP contribution >= 0.6 is 0 Å². The van der Waals surface area contributed by atoms with E-state index in [0.29, 0.717) is 5.76 Å². The third kappa shape index (κ3) is 9.14. The molecule has 1 aromatic rings. The van der Waals surface area contributed by atoms with Gasteiger partial charge in [-0.15, -0.1) is 0 Å². The smallest absolute Gasteiger partial charge is 0.111 e. The third-order valence-electron chi connectivity index (χ3n) is 4.01. The number of aryl methyl sites for hydroxylation is 2. The van der Waals surface area contributed by atoms with Crippen molar-refractivity contribution in [1.82, 2.24) is 0 Å². The zero-order valence-electron chi connectivity index (χ0n) is 17.1. The minimum atomic E-state index is 0.631. The molecule has 0 bridgehead atoms. The van der Waals surface area contributed by atoms with Gasteiger partial charge in [0, 0.05) is 0 Å². The molecule has 0 atom stereocenters. The molecule has 1 nitrogen and oxygen atoms in total. The first-order chi connectivity index (χ1) is 12.0. The Kier molecular flexibility index (Phi) is 12.2. The highest BCUT2D eigenvalue weighted by Gasteiger charge is 2.01. The van der Waals surface area contributed by atoms with Gasteiger partial charge in [0.05, 0.1) is 7.11 Å². The van der Waals surface area contributed by atoms with Crippen LogP contribution in [0.5, 0.6) is 0 Å². The molecule has 0 aliphatic heterocycles. The molecular weight excluding hydrogens is 304 g/mol. The summed E-state index contributed by atoms with van der Waals surface area (Å²) in [6.45, 7) is 18.4. The van der Waals surface area contributed by atoms with Crippen molar-refractivity contribution >= 4 is 6.08 Å². The number of rotatable bonds is 9. The van der Waals surface area contributed by atoms with Gasteiger partial charge in [-0.2, -0.15) is 0 Å². The Morgan fingerprint density at radius 2 is 1.80 bits per heavy atom. The Hall–Kier alpha value is -2.02. The van der Waals surface area contributed by atoms with E-state index in [1.807, 2.05) is 26.0 Å². The number of methoxy groups -OCH3 is 1. The summed E-state index contributed by atoms with van der Waals surface area (Å²) in [5.41, 5.74) is 6.11. The average Bonchev–Trinajstić information content (AvgIpc) is 2.63. The van der Waals surface area contributed by atoms with Gasteiger partial charge < -0.3 is 4.74 Å². The average molecular weight is 341 g/mol. The highest BCUT2D eigenvalue weighted by molar-refractivity contribution is 5.62. The van der Waals surface area contributed by atoms with Gasteiger partial charge in [-0.1, -0.05) is 77.1 Å². The topological polar surface area (TPSA) is 9.23 Å².